The van der Waals surface area contributed by atoms with Gasteiger partial charge in [-0.05, 0) is 31.2 Å². The first-order valence-electron chi connectivity index (χ1n) is 10.6. The molecule has 2 bridgehead atoms. The van der Waals surface area contributed by atoms with Crippen LogP contribution < -0.4 is 10.1 Å². The number of nitrogens with one attached hydrogen (secondary N) is 1. The number of pyridine rings is 1. The lowest BCUT2D eigenvalue weighted by molar-refractivity contribution is -0.121. The Morgan fingerprint density at radius 3 is 3.14 bits per heavy atom. The molecule has 1 aromatic heterocycles. The van der Waals surface area contributed by atoms with Crippen LogP contribution in [0.15, 0.2) is 18.3 Å². The summed E-state index contributed by atoms with van der Waals surface area (Å²) in [5, 5.41) is 3.19. The predicted octanol–water partition coefficient (Wildman–Crippen LogP) is 2.62. The maximum atomic E-state index is 12.2. The van der Waals surface area contributed by atoms with Crippen LogP contribution in [0, 0.1) is 17.8 Å². The molecule has 0 unspecified atom stereocenters. The minimum Gasteiger partial charge on any atom is -0.497 e. The first-order chi connectivity index (χ1) is 13.5. The molecular formula is C22H33N3O3. The first-order valence-corrected chi connectivity index (χ1v) is 10.6. The Hall–Kier alpha value is -1.66. The van der Waals surface area contributed by atoms with Crippen LogP contribution in [0.25, 0.3) is 0 Å². The fourth-order valence-electron chi connectivity index (χ4n) is 5.32. The molecule has 0 aromatic carbocycles. The number of ether oxygens (including phenoxy) is 2. The van der Waals surface area contributed by atoms with Gasteiger partial charge in [-0.2, -0.15) is 0 Å². The van der Waals surface area contributed by atoms with Gasteiger partial charge in [0.2, 0.25) is 5.91 Å². The number of methoxy groups -OCH3 is 1. The fraction of sp³-hybridized carbons (Fsp3) is 0.727. The molecule has 3 fully saturated rings. The van der Waals surface area contributed by atoms with Crippen LogP contribution in [0.3, 0.4) is 0 Å². The van der Waals surface area contributed by atoms with E-state index in [-0.39, 0.29) is 11.5 Å². The predicted molar refractivity (Wildman–Crippen MR) is 107 cm³/mol. The van der Waals surface area contributed by atoms with Gasteiger partial charge in [0.25, 0.3) is 0 Å². The van der Waals surface area contributed by atoms with E-state index in [4.69, 9.17) is 9.47 Å². The number of rotatable bonds is 8. The van der Waals surface area contributed by atoms with E-state index in [1.807, 2.05) is 12.1 Å². The molecule has 4 heterocycles. The number of likely N-dealkylation sites (tertiary alicyclic amines) is 1. The van der Waals surface area contributed by atoms with E-state index >= 15 is 0 Å². The van der Waals surface area contributed by atoms with Gasteiger partial charge in [0.1, 0.15) is 5.75 Å². The third-order valence-electron chi connectivity index (χ3n) is 6.75. The molecule has 0 radical (unpaired) electrons. The van der Waals surface area contributed by atoms with Crippen molar-refractivity contribution in [2.75, 3.05) is 26.7 Å². The summed E-state index contributed by atoms with van der Waals surface area (Å²) >= 11 is 0. The summed E-state index contributed by atoms with van der Waals surface area (Å²) in [6.45, 7) is 7.86. The number of hydrogen-bond acceptors (Lipinski definition) is 5. The monoisotopic (exact) mass is 387 g/mol. The lowest BCUT2D eigenvalue weighted by atomic mass is 9.73. The van der Waals surface area contributed by atoms with Crippen molar-refractivity contribution in [1.29, 1.82) is 0 Å². The third-order valence-corrected chi connectivity index (χ3v) is 6.75. The van der Waals surface area contributed by atoms with Crippen molar-refractivity contribution in [3.63, 3.8) is 0 Å². The molecule has 4 rings (SSSR count). The standard InChI is InChI=1S/C22H33N3O3/c1-15(2)4-5-21(26)24-11-18-19-13-25(14-22(19)8-6-20(18)28-22)12-16-10-17(27-3)7-9-23-16/h7,9-10,15,18-20H,4-6,8,11-14H2,1-3H3,(H,24,26)/t18-,19+,20+,22+/m0/s1. The Morgan fingerprint density at radius 1 is 1.50 bits per heavy atom. The normalized spacial score (nSPS) is 31.4. The maximum absolute atomic E-state index is 12.2. The summed E-state index contributed by atoms with van der Waals surface area (Å²) in [6, 6.07) is 3.89. The quantitative estimate of drug-likeness (QED) is 0.743. The molecule has 3 aliphatic rings. The largest absolute Gasteiger partial charge is 0.497 e. The molecule has 4 atom stereocenters. The molecule has 154 valence electrons. The van der Waals surface area contributed by atoms with Gasteiger partial charge in [0.05, 0.1) is 24.5 Å². The number of aromatic nitrogens is 1. The van der Waals surface area contributed by atoms with Crippen molar-refractivity contribution in [3.8, 4) is 5.75 Å². The number of carbonyl (C=O) groups excluding carboxylic acids is 1. The highest BCUT2D eigenvalue weighted by Crippen LogP contribution is 2.54. The average molecular weight is 388 g/mol. The van der Waals surface area contributed by atoms with Crippen LogP contribution in [0.1, 0.15) is 45.2 Å². The summed E-state index contributed by atoms with van der Waals surface area (Å²) in [5.41, 5.74) is 1.01. The smallest absolute Gasteiger partial charge is 0.220 e. The van der Waals surface area contributed by atoms with E-state index in [0.717, 1.165) is 56.9 Å². The summed E-state index contributed by atoms with van der Waals surface area (Å²) in [6.07, 6.45) is 5.95. The molecular weight excluding hydrogens is 354 g/mol. The Balaban J connectivity index is 1.35. The molecule has 1 aromatic rings. The van der Waals surface area contributed by atoms with Gasteiger partial charge in [-0.25, -0.2) is 0 Å². The Bertz CT molecular complexity index is 710. The highest BCUT2D eigenvalue weighted by molar-refractivity contribution is 5.75. The van der Waals surface area contributed by atoms with Crippen molar-refractivity contribution in [2.45, 2.75) is 57.8 Å². The van der Waals surface area contributed by atoms with Gasteiger partial charge in [-0.3, -0.25) is 14.7 Å². The Labute approximate surface area is 168 Å². The van der Waals surface area contributed by atoms with Gasteiger partial charge in [0, 0.05) is 56.7 Å². The molecule has 1 N–H and O–H groups in total. The molecule has 0 aliphatic carbocycles. The first kappa shape index (κ1) is 19.6. The van der Waals surface area contributed by atoms with Gasteiger partial charge in [0.15, 0.2) is 0 Å². The molecule has 6 heteroatoms. The van der Waals surface area contributed by atoms with Crippen molar-refractivity contribution in [1.82, 2.24) is 15.2 Å². The molecule has 1 spiro atoms. The number of amides is 1. The summed E-state index contributed by atoms with van der Waals surface area (Å²) in [4.78, 5) is 19.1. The van der Waals surface area contributed by atoms with Crippen LogP contribution in [0.2, 0.25) is 0 Å². The van der Waals surface area contributed by atoms with E-state index < -0.39 is 0 Å². The second kappa shape index (κ2) is 7.99. The topological polar surface area (TPSA) is 63.7 Å². The van der Waals surface area contributed by atoms with Crippen molar-refractivity contribution >= 4 is 5.91 Å². The van der Waals surface area contributed by atoms with Crippen LogP contribution in [0.5, 0.6) is 5.75 Å². The minimum atomic E-state index is -0.0170. The van der Waals surface area contributed by atoms with E-state index in [0.29, 0.717) is 30.3 Å². The maximum Gasteiger partial charge on any atom is 0.220 e. The SMILES string of the molecule is COc1ccnc(CN2C[C@@H]3[C@H](CNC(=O)CCC(C)C)[C@H]4CC[C@]3(C2)O4)c1. The Kier molecular flexibility index (Phi) is 5.61. The Morgan fingerprint density at radius 2 is 2.36 bits per heavy atom. The fourth-order valence-corrected chi connectivity index (χ4v) is 5.32. The second-order valence-corrected chi connectivity index (χ2v) is 9.12. The molecule has 6 nitrogen and oxygen atoms in total. The molecule has 3 aliphatic heterocycles. The number of carbonyl (C=O) groups is 1. The second-order valence-electron chi connectivity index (χ2n) is 9.12. The van der Waals surface area contributed by atoms with Crippen LogP contribution in [-0.2, 0) is 16.1 Å². The molecule has 28 heavy (non-hydrogen) atoms. The average Bonchev–Trinajstić information content (AvgIpc) is 3.32. The number of nitrogens with zero attached hydrogens (tertiary/aromatic N) is 2. The highest BCUT2D eigenvalue weighted by atomic mass is 16.5. The van der Waals surface area contributed by atoms with E-state index in [9.17, 15) is 4.79 Å². The van der Waals surface area contributed by atoms with Crippen molar-refractivity contribution < 1.29 is 14.3 Å². The van der Waals surface area contributed by atoms with Crippen LogP contribution >= 0.6 is 0 Å². The highest BCUT2D eigenvalue weighted by Gasteiger charge is 2.62. The van der Waals surface area contributed by atoms with Crippen molar-refractivity contribution in [2.24, 2.45) is 17.8 Å². The minimum absolute atomic E-state index is 0.0170. The van der Waals surface area contributed by atoms with Gasteiger partial charge >= 0.3 is 0 Å². The lowest BCUT2D eigenvalue weighted by Crippen LogP contribution is -2.41. The zero-order chi connectivity index (χ0) is 19.7. The summed E-state index contributed by atoms with van der Waals surface area (Å²) < 4.78 is 11.8. The van der Waals surface area contributed by atoms with E-state index in [1.165, 1.54) is 0 Å². The van der Waals surface area contributed by atoms with Crippen molar-refractivity contribution in [3.05, 3.63) is 24.0 Å². The molecule has 0 saturated carbocycles. The van der Waals surface area contributed by atoms with Gasteiger partial charge in [-0.15, -0.1) is 0 Å². The molecule has 3 saturated heterocycles. The molecule has 1 amide bonds. The number of hydrogen-bond donors (Lipinski definition) is 1. The lowest BCUT2D eigenvalue weighted by Gasteiger charge is -2.29. The van der Waals surface area contributed by atoms with Gasteiger partial charge in [-0.1, -0.05) is 13.8 Å². The zero-order valence-electron chi connectivity index (χ0n) is 17.3. The summed E-state index contributed by atoms with van der Waals surface area (Å²) in [5.74, 6) is 2.53. The van der Waals surface area contributed by atoms with E-state index in [1.54, 1.807) is 13.3 Å². The van der Waals surface area contributed by atoms with Gasteiger partial charge < -0.3 is 14.8 Å². The van der Waals surface area contributed by atoms with Crippen LogP contribution in [-0.4, -0.2) is 54.2 Å². The summed E-state index contributed by atoms with van der Waals surface area (Å²) in [7, 11) is 1.69. The van der Waals surface area contributed by atoms with Crippen LogP contribution in [0.4, 0.5) is 0 Å². The third kappa shape index (κ3) is 3.90. The zero-order valence-corrected chi connectivity index (χ0v) is 17.3. The van der Waals surface area contributed by atoms with E-state index in [2.05, 4.69) is 29.0 Å². The number of fused-ring (bicyclic) bond motifs is 1.